The minimum absolute atomic E-state index is 0.416. The summed E-state index contributed by atoms with van der Waals surface area (Å²) in [5, 5.41) is 0. The highest BCUT2D eigenvalue weighted by Crippen LogP contribution is 2.19. The Morgan fingerprint density at radius 2 is 2.11 bits per heavy atom. The summed E-state index contributed by atoms with van der Waals surface area (Å²) in [7, 11) is 0. The number of hydrogen-bond acceptors (Lipinski definition) is 5. The molecule has 2 aliphatic rings. The fourth-order valence-corrected chi connectivity index (χ4v) is 2.96. The summed E-state index contributed by atoms with van der Waals surface area (Å²) >= 11 is 0. The molecule has 0 spiro atoms. The van der Waals surface area contributed by atoms with Crippen LogP contribution in [0.25, 0.3) is 0 Å². The van der Waals surface area contributed by atoms with Gasteiger partial charge in [0.1, 0.15) is 5.76 Å². The summed E-state index contributed by atoms with van der Waals surface area (Å²) in [6, 6.07) is 4.27. The van der Waals surface area contributed by atoms with Crippen molar-refractivity contribution in [2.75, 3.05) is 39.4 Å². The molecule has 2 saturated heterocycles. The Morgan fingerprint density at radius 3 is 2.84 bits per heavy atom. The van der Waals surface area contributed by atoms with Gasteiger partial charge in [0.15, 0.2) is 12.0 Å². The minimum atomic E-state index is 0.416. The summed E-state index contributed by atoms with van der Waals surface area (Å²) < 4.78 is 10.8. The van der Waals surface area contributed by atoms with Crippen molar-refractivity contribution in [1.82, 2.24) is 9.80 Å². The lowest BCUT2D eigenvalue weighted by Gasteiger charge is -2.32. The Morgan fingerprint density at radius 1 is 1.26 bits per heavy atom. The van der Waals surface area contributed by atoms with Gasteiger partial charge in [-0.05, 0) is 18.6 Å². The van der Waals surface area contributed by atoms with Crippen LogP contribution in [0, 0.1) is 0 Å². The number of carbonyl (C=O) groups is 1. The van der Waals surface area contributed by atoms with Gasteiger partial charge in [-0.15, -0.1) is 0 Å². The lowest BCUT2D eigenvalue weighted by molar-refractivity contribution is 0.0182. The summed E-state index contributed by atoms with van der Waals surface area (Å²) in [6.07, 6.45) is 1.96. The molecular formula is C14H20N2O3. The maximum atomic E-state index is 10.6. The van der Waals surface area contributed by atoms with Crippen molar-refractivity contribution in [3.8, 4) is 0 Å². The molecule has 0 aromatic carbocycles. The predicted molar refractivity (Wildman–Crippen MR) is 70.2 cm³/mol. The Bertz CT molecular complexity index is 426. The average molecular weight is 264 g/mol. The molecule has 0 aliphatic carbocycles. The van der Waals surface area contributed by atoms with Crippen molar-refractivity contribution in [2.45, 2.75) is 19.0 Å². The van der Waals surface area contributed by atoms with E-state index in [0.29, 0.717) is 11.8 Å². The summed E-state index contributed by atoms with van der Waals surface area (Å²) in [6.45, 7) is 6.79. The number of furan rings is 1. The number of ether oxygens (including phenoxy) is 1. The fraction of sp³-hybridized carbons (Fsp3) is 0.643. The molecule has 0 amide bonds. The number of likely N-dealkylation sites (tertiary alicyclic amines) is 1. The zero-order chi connectivity index (χ0) is 13.1. The van der Waals surface area contributed by atoms with E-state index in [9.17, 15) is 4.79 Å². The first-order chi connectivity index (χ1) is 9.35. The normalized spacial score (nSPS) is 25.8. The Kier molecular flexibility index (Phi) is 3.96. The van der Waals surface area contributed by atoms with E-state index < -0.39 is 0 Å². The van der Waals surface area contributed by atoms with Crippen molar-refractivity contribution in [1.29, 1.82) is 0 Å². The third kappa shape index (κ3) is 3.05. The van der Waals surface area contributed by atoms with Crippen molar-refractivity contribution >= 4 is 6.29 Å². The quantitative estimate of drug-likeness (QED) is 0.759. The lowest BCUT2D eigenvalue weighted by Crippen LogP contribution is -2.44. The van der Waals surface area contributed by atoms with Crippen LogP contribution in [0.3, 0.4) is 0 Å². The van der Waals surface area contributed by atoms with Crippen LogP contribution < -0.4 is 0 Å². The van der Waals surface area contributed by atoms with E-state index in [1.807, 2.05) is 6.07 Å². The fourth-order valence-electron chi connectivity index (χ4n) is 2.96. The number of nitrogens with zero attached hydrogens (tertiary/aromatic N) is 2. The van der Waals surface area contributed by atoms with E-state index >= 15 is 0 Å². The highest BCUT2D eigenvalue weighted by Gasteiger charge is 2.28. The van der Waals surface area contributed by atoms with E-state index in [-0.39, 0.29) is 0 Å². The molecular weight excluding hydrogens is 244 g/mol. The third-order valence-electron chi connectivity index (χ3n) is 3.99. The molecule has 0 N–H and O–H groups in total. The molecule has 2 aliphatic heterocycles. The Hall–Kier alpha value is -1.17. The minimum Gasteiger partial charge on any atom is -0.457 e. The first kappa shape index (κ1) is 12.8. The summed E-state index contributed by atoms with van der Waals surface area (Å²) in [4.78, 5) is 15.5. The summed E-state index contributed by atoms with van der Waals surface area (Å²) in [5.74, 6) is 1.30. The van der Waals surface area contributed by atoms with Crippen LogP contribution in [0.5, 0.6) is 0 Å². The van der Waals surface area contributed by atoms with Gasteiger partial charge in [-0.3, -0.25) is 14.6 Å². The number of hydrogen-bond donors (Lipinski definition) is 0. The zero-order valence-electron chi connectivity index (χ0n) is 11.1. The standard InChI is InChI=1S/C14H20N2O3/c17-11-14-2-1-13(19-14)10-15-4-3-12(9-15)16-5-7-18-8-6-16/h1-2,11-12H,3-10H2. The Labute approximate surface area is 113 Å². The van der Waals surface area contributed by atoms with Gasteiger partial charge >= 0.3 is 0 Å². The molecule has 3 heterocycles. The van der Waals surface area contributed by atoms with Gasteiger partial charge in [-0.25, -0.2) is 0 Å². The van der Waals surface area contributed by atoms with Gasteiger partial charge in [0, 0.05) is 32.2 Å². The van der Waals surface area contributed by atoms with Gasteiger partial charge in [-0.1, -0.05) is 0 Å². The highest BCUT2D eigenvalue weighted by molar-refractivity contribution is 5.70. The highest BCUT2D eigenvalue weighted by atomic mass is 16.5. The van der Waals surface area contributed by atoms with Crippen molar-refractivity contribution < 1.29 is 13.9 Å². The first-order valence-electron chi connectivity index (χ1n) is 6.93. The molecule has 1 unspecified atom stereocenters. The molecule has 3 rings (SSSR count). The van der Waals surface area contributed by atoms with E-state index in [1.54, 1.807) is 6.07 Å². The molecule has 1 aromatic rings. The van der Waals surface area contributed by atoms with Crippen LogP contribution in [0.1, 0.15) is 22.7 Å². The molecule has 1 aromatic heterocycles. The van der Waals surface area contributed by atoms with Crippen molar-refractivity contribution in [3.05, 3.63) is 23.7 Å². The van der Waals surface area contributed by atoms with Gasteiger partial charge < -0.3 is 9.15 Å². The second kappa shape index (κ2) is 5.86. The maximum absolute atomic E-state index is 10.6. The second-order valence-corrected chi connectivity index (χ2v) is 5.25. The van der Waals surface area contributed by atoms with Crippen molar-refractivity contribution in [2.24, 2.45) is 0 Å². The molecule has 5 nitrogen and oxygen atoms in total. The van der Waals surface area contributed by atoms with Crippen LogP contribution in [0.4, 0.5) is 0 Å². The smallest absolute Gasteiger partial charge is 0.185 e. The zero-order valence-corrected chi connectivity index (χ0v) is 11.1. The summed E-state index contributed by atoms with van der Waals surface area (Å²) in [5.41, 5.74) is 0. The van der Waals surface area contributed by atoms with Crippen LogP contribution in [-0.4, -0.2) is 61.5 Å². The monoisotopic (exact) mass is 264 g/mol. The SMILES string of the molecule is O=Cc1ccc(CN2CCC(N3CCOCC3)C2)o1. The molecule has 0 bridgehead atoms. The first-order valence-corrected chi connectivity index (χ1v) is 6.93. The van der Waals surface area contributed by atoms with E-state index in [0.717, 1.165) is 58.0 Å². The van der Waals surface area contributed by atoms with Crippen LogP contribution in [0.15, 0.2) is 16.5 Å². The van der Waals surface area contributed by atoms with Gasteiger partial charge in [0.25, 0.3) is 0 Å². The maximum Gasteiger partial charge on any atom is 0.185 e. The van der Waals surface area contributed by atoms with Crippen LogP contribution in [0.2, 0.25) is 0 Å². The van der Waals surface area contributed by atoms with Gasteiger partial charge in [0.2, 0.25) is 0 Å². The van der Waals surface area contributed by atoms with Gasteiger partial charge in [-0.2, -0.15) is 0 Å². The predicted octanol–water partition coefficient (Wildman–Crippen LogP) is 0.999. The number of carbonyl (C=O) groups excluding carboxylic acids is 1. The number of rotatable bonds is 4. The molecule has 1 atom stereocenters. The average Bonchev–Trinajstić information content (AvgIpc) is 3.09. The third-order valence-corrected chi connectivity index (χ3v) is 3.99. The van der Waals surface area contributed by atoms with Crippen molar-refractivity contribution in [3.63, 3.8) is 0 Å². The van der Waals surface area contributed by atoms with E-state index in [2.05, 4.69) is 9.80 Å². The van der Waals surface area contributed by atoms with Crippen LogP contribution in [-0.2, 0) is 11.3 Å². The van der Waals surface area contributed by atoms with E-state index in [4.69, 9.17) is 9.15 Å². The number of aldehydes is 1. The number of morpholine rings is 1. The topological polar surface area (TPSA) is 45.9 Å². The molecule has 104 valence electrons. The van der Waals surface area contributed by atoms with Gasteiger partial charge in [0.05, 0.1) is 19.8 Å². The molecule has 5 heteroatoms. The van der Waals surface area contributed by atoms with E-state index in [1.165, 1.54) is 6.42 Å². The molecule has 0 radical (unpaired) electrons. The lowest BCUT2D eigenvalue weighted by atomic mass is 10.2. The molecule has 2 fully saturated rings. The Balaban J connectivity index is 1.52. The largest absolute Gasteiger partial charge is 0.457 e. The molecule has 0 saturated carbocycles. The second-order valence-electron chi connectivity index (χ2n) is 5.25. The molecule has 19 heavy (non-hydrogen) atoms. The van der Waals surface area contributed by atoms with Crippen LogP contribution >= 0.6 is 0 Å².